The molecule has 0 aliphatic heterocycles. The van der Waals surface area contributed by atoms with Crippen LogP contribution in [-0.2, 0) is 17.8 Å². The summed E-state index contributed by atoms with van der Waals surface area (Å²) in [6.45, 7) is 1.08. The van der Waals surface area contributed by atoms with E-state index in [1.807, 2.05) is 19.2 Å². The Balaban J connectivity index is 1.58. The molecule has 0 unspecified atom stereocenters. The Hall–Kier alpha value is -2.88. The Labute approximate surface area is 147 Å². The van der Waals surface area contributed by atoms with Crippen molar-refractivity contribution in [1.82, 2.24) is 9.47 Å². The molecule has 0 atom stereocenters. The highest BCUT2D eigenvalue weighted by molar-refractivity contribution is 5.85. The zero-order valence-electron chi connectivity index (χ0n) is 14.4. The number of rotatable bonds is 6. The number of benzene rings is 2. The first-order valence-electron chi connectivity index (χ1n) is 8.51. The number of nitrogens with zero attached hydrogens (tertiary/aromatic N) is 2. The van der Waals surface area contributed by atoms with Crippen molar-refractivity contribution in [2.45, 2.75) is 19.4 Å². The first kappa shape index (κ1) is 17.0. The van der Waals surface area contributed by atoms with E-state index in [4.69, 9.17) is 0 Å². The molecule has 0 aliphatic rings. The van der Waals surface area contributed by atoms with Crippen LogP contribution in [0.5, 0.6) is 0 Å². The van der Waals surface area contributed by atoms with Gasteiger partial charge in [0, 0.05) is 38.8 Å². The maximum absolute atomic E-state index is 12.3. The highest BCUT2D eigenvalue weighted by Gasteiger charge is 2.10. The maximum atomic E-state index is 12.3. The molecule has 4 nitrogen and oxygen atoms in total. The van der Waals surface area contributed by atoms with Gasteiger partial charge in [-0.05, 0) is 28.8 Å². The van der Waals surface area contributed by atoms with Gasteiger partial charge in [0.05, 0.1) is 0 Å². The van der Waals surface area contributed by atoms with Gasteiger partial charge < -0.3 is 9.47 Å². The van der Waals surface area contributed by atoms with E-state index in [9.17, 15) is 9.59 Å². The summed E-state index contributed by atoms with van der Waals surface area (Å²) in [6.07, 6.45) is 2.86. The quantitative estimate of drug-likeness (QED) is 0.695. The highest BCUT2D eigenvalue weighted by atomic mass is 16.2. The zero-order chi connectivity index (χ0) is 17.6. The van der Waals surface area contributed by atoms with Crippen molar-refractivity contribution in [2.75, 3.05) is 13.6 Å². The summed E-state index contributed by atoms with van der Waals surface area (Å²) in [7, 11) is 1.82. The molecule has 4 heteroatoms. The highest BCUT2D eigenvalue weighted by Crippen LogP contribution is 2.19. The van der Waals surface area contributed by atoms with E-state index >= 15 is 0 Å². The van der Waals surface area contributed by atoms with Crippen LogP contribution in [0.25, 0.3) is 10.8 Å². The minimum atomic E-state index is -0.0753. The van der Waals surface area contributed by atoms with Gasteiger partial charge >= 0.3 is 0 Å². The number of amides is 1. The van der Waals surface area contributed by atoms with Crippen LogP contribution in [0.2, 0.25) is 0 Å². The normalized spacial score (nSPS) is 10.8. The first-order chi connectivity index (χ1) is 12.1. The Kier molecular flexibility index (Phi) is 5.29. The van der Waals surface area contributed by atoms with Crippen molar-refractivity contribution < 1.29 is 4.79 Å². The van der Waals surface area contributed by atoms with Crippen LogP contribution in [0, 0.1) is 0 Å². The van der Waals surface area contributed by atoms with Gasteiger partial charge in [-0.25, -0.2) is 0 Å². The Morgan fingerprint density at radius 1 is 1.00 bits per heavy atom. The lowest BCUT2D eigenvalue weighted by Gasteiger charge is -2.18. The first-order valence-corrected chi connectivity index (χ1v) is 8.51. The van der Waals surface area contributed by atoms with Gasteiger partial charge in [0.15, 0.2) is 0 Å². The molecule has 25 heavy (non-hydrogen) atoms. The number of aryl methyl sites for hydroxylation is 1. The van der Waals surface area contributed by atoms with Crippen molar-refractivity contribution in [2.24, 2.45) is 0 Å². The summed E-state index contributed by atoms with van der Waals surface area (Å²) < 4.78 is 1.57. The van der Waals surface area contributed by atoms with Crippen molar-refractivity contribution in [1.29, 1.82) is 0 Å². The van der Waals surface area contributed by atoms with E-state index < -0.39 is 0 Å². The molecule has 0 saturated carbocycles. The minimum Gasteiger partial charge on any atom is -0.345 e. The number of fused-ring (bicyclic) bond motifs is 1. The van der Waals surface area contributed by atoms with Gasteiger partial charge in [-0.15, -0.1) is 0 Å². The molecule has 0 bridgehead atoms. The molecule has 0 saturated heterocycles. The third-order valence-corrected chi connectivity index (χ3v) is 4.49. The summed E-state index contributed by atoms with van der Waals surface area (Å²) in [5.41, 5.74) is 1.17. The van der Waals surface area contributed by atoms with Crippen LogP contribution in [0.3, 0.4) is 0 Å². The van der Waals surface area contributed by atoms with Crippen LogP contribution in [-0.4, -0.2) is 29.0 Å². The summed E-state index contributed by atoms with van der Waals surface area (Å²) >= 11 is 0. The molecule has 2 aromatic carbocycles. The predicted molar refractivity (Wildman–Crippen MR) is 101 cm³/mol. The number of aromatic nitrogens is 1. The van der Waals surface area contributed by atoms with E-state index in [1.54, 1.807) is 27.8 Å². The second-order valence-corrected chi connectivity index (χ2v) is 6.19. The number of pyridine rings is 1. The molecular weight excluding hydrogens is 312 g/mol. The summed E-state index contributed by atoms with van der Waals surface area (Å²) in [4.78, 5) is 25.7. The van der Waals surface area contributed by atoms with Crippen molar-refractivity contribution in [3.05, 3.63) is 82.8 Å². The average molecular weight is 334 g/mol. The number of hydrogen-bond donors (Lipinski definition) is 0. The SMILES string of the molecule is CN(CCc1cccc2ccccc12)C(=O)CCn1ccccc1=O. The maximum Gasteiger partial charge on any atom is 0.250 e. The largest absolute Gasteiger partial charge is 0.345 e. The molecule has 1 heterocycles. The topological polar surface area (TPSA) is 42.3 Å². The number of likely N-dealkylation sites (N-methyl/N-ethyl adjacent to an activating group) is 1. The predicted octanol–water partition coefficient (Wildman–Crippen LogP) is 3.09. The molecule has 1 amide bonds. The van der Waals surface area contributed by atoms with Gasteiger partial charge in [-0.1, -0.05) is 48.5 Å². The zero-order valence-corrected chi connectivity index (χ0v) is 14.4. The molecule has 128 valence electrons. The molecule has 0 spiro atoms. The van der Waals surface area contributed by atoms with Gasteiger partial charge in [-0.3, -0.25) is 9.59 Å². The van der Waals surface area contributed by atoms with E-state index in [-0.39, 0.29) is 11.5 Å². The molecular formula is C21H22N2O2. The molecule has 0 N–H and O–H groups in total. The Bertz CT molecular complexity index is 925. The molecule has 3 aromatic rings. The number of carbonyl (C=O) groups excluding carboxylic acids is 1. The second kappa shape index (κ2) is 7.79. The third-order valence-electron chi connectivity index (χ3n) is 4.49. The molecule has 1 aromatic heterocycles. The fourth-order valence-corrected chi connectivity index (χ4v) is 2.98. The van der Waals surface area contributed by atoms with E-state index in [0.29, 0.717) is 19.5 Å². The fraction of sp³-hybridized carbons (Fsp3) is 0.238. The lowest BCUT2D eigenvalue weighted by atomic mass is 10.0. The van der Waals surface area contributed by atoms with Crippen LogP contribution < -0.4 is 5.56 Å². The monoisotopic (exact) mass is 334 g/mol. The van der Waals surface area contributed by atoms with Crippen molar-refractivity contribution >= 4 is 16.7 Å². The van der Waals surface area contributed by atoms with Crippen LogP contribution in [0.4, 0.5) is 0 Å². The summed E-state index contributed by atoms with van der Waals surface area (Å²) in [6, 6.07) is 19.6. The van der Waals surface area contributed by atoms with Crippen LogP contribution in [0.15, 0.2) is 71.7 Å². The number of carbonyl (C=O) groups is 1. The summed E-state index contributed by atoms with van der Waals surface area (Å²) in [5, 5.41) is 2.46. The average Bonchev–Trinajstić information content (AvgIpc) is 2.65. The molecule has 0 radical (unpaired) electrons. The van der Waals surface area contributed by atoms with Gasteiger partial charge in [0.25, 0.3) is 5.56 Å². The summed E-state index contributed by atoms with van der Waals surface area (Å²) in [5.74, 6) is 0.0518. The lowest BCUT2D eigenvalue weighted by molar-refractivity contribution is -0.130. The second-order valence-electron chi connectivity index (χ2n) is 6.19. The Morgan fingerprint density at radius 3 is 2.60 bits per heavy atom. The third kappa shape index (κ3) is 4.15. The van der Waals surface area contributed by atoms with Crippen molar-refractivity contribution in [3.63, 3.8) is 0 Å². The number of hydrogen-bond acceptors (Lipinski definition) is 2. The smallest absolute Gasteiger partial charge is 0.250 e. The fourth-order valence-electron chi connectivity index (χ4n) is 2.98. The van der Waals surface area contributed by atoms with E-state index in [0.717, 1.165) is 6.42 Å². The van der Waals surface area contributed by atoms with Crippen LogP contribution in [0.1, 0.15) is 12.0 Å². The Morgan fingerprint density at radius 2 is 1.76 bits per heavy atom. The molecule has 3 rings (SSSR count). The van der Waals surface area contributed by atoms with E-state index in [2.05, 4.69) is 30.3 Å². The van der Waals surface area contributed by atoms with Gasteiger partial charge in [-0.2, -0.15) is 0 Å². The van der Waals surface area contributed by atoms with Gasteiger partial charge in [0.2, 0.25) is 5.91 Å². The molecule has 0 fully saturated rings. The lowest BCUT2D eigenvalue weighted by Crippen LogP contribution is -2.30. The molecule has 0 aliphatic carbocycles. The van der Waals surface area contributed by atoms with E-state index in [1.165, 1.54) is 22.4 Å². The minimum absolute atomic E-state index is 0.0518. The van der Waals surface area contributed by atoms with Crippen molar-refractivity contribution in [3.8, 4) is 0 Å². The van der Waals surface area contributed by atoms with Gasteiger partial charge in [0.1, 0.15) is 0 Å². The standard InChI is InChI=1S/C21H22N2O2/c1-22(20(24)13-16-23-14-5-4-11-21(23)25)15-12-18-9-6-8-17-7-2-3-10-19(17)18/h2-11,14H,12-13,15-16H2,1H3. The van der Waals surface area contributed by atoms with Crippen LogP contribution >= 0.6 is 0 Å².